The molecule has 0 radical (unpaired) electrons. The number of aromatic nitrogens is 1. The Kier molecular flexibility index (Phi) is 6.04. The first-order valence-corrected chi connectivity index (χ1v) is 8.51. The molecule has 2 N–H and O–H groups in total. The number of anilines is 1. The van der Waals surface area contributed by atoms with Crippen LogP contribution in [0.25, 0.3) is 0 Å². The minimum absolute atomic E-state index is 0.0972. The molecule has 0 saturated heterocycles. The number of nitrogens with zero attached hydrogens (tertiary/aromatic N) is 1. The lowest BCUT2D eigenvalue weighted by Gasteiger charge is -2.14. The van der Waals surface area contributed by atoms with Crippen LogP contribution in [0.5, 0.6) is 11.6 Å². The Morgan fingerprint density at radius 2 is 1.74 bits per heavy atom. The molecule has 3 aromatic rings. The zero-order valence-electron chi connectivity index (χ0n) is 15.3. The van der Waals surface area contributed by atoms with Gasteiger partial charge in [0, 0.05) is 36.1 Å². The molecule has 11 heteroatoms. The van der Waals surface area contributed by atoms with Gasteiger partial charge >= 0.3 is 12.1 Å². The number of hydrogen-bond donors (Lipinski definition) is 2. The van der Waals surface area contributed by atoms with Gasteiger partial charge in [0.2, 0.25) is 5.88 Å². The normalized spacial score (nSPS) is 11.3. The number of alkyl halides is 3. The molecule has 2 aromatic carbocycles. The summed E-state index contributed by atoms with van der Waals surface area (Å²) in [6.45, 7) is -0.517. The first-order valence-electron chi connectivity index (χ1n) is 8.51. The highest BCUT2D eigenvalue weighted by Crippen LogP contribution is 2.37. The first-order chi connectivity index (χ1) is 14.6. The number of halogens is 6. The van der Waals surface area contributed by atoms with Gasteiger partial charge in [0.05, 0.1) is 5.56 Å². The summed E-state index contributed by atoms with van der Waals surface area (Å²) in [5.74, 6) is -5.97. The third kappa shape index (κ3) is 5.05. The van der Waals surface area contributed by atoms with Crippen LogP contribution in [0.1, 0.15) is 21.5 Å². The zero-order chi connectivity index (χ0) is 22.8. The summed E-state index contributed by atoms with van der Waals surface area (Å²) < 4.78 is 84.8. The maximum Gasteiger partial charge on any atom is 0.421 e. The molecule has 0 atom stereocenters. The molecule has 3 rings (SSSR count). The van der Waals surface area contributed by atoms with Crippen molar-refractivity contribution in [3.8, 4) is 11.6 Å². The quantitative estimate of drug-likeness (QED) is 0.485. The zero-order valence-corrected chi connectivity index (χ0v) is 15.3. The van der Waals surface area contributed by atoms with Crippen LogP contribution in [0, 0.1) is 17.5 Å². The van der Waals surface area contributed by atoms with E-state index >= 15 is 0 Å². The highest BCUT2D eigenvalue weighted by molar-refractivity contribution is 5.94. The van der Waals surface area contributed by atoms with Crippen molar-refractivity contribution < 1.29 is 41.0 Å². The van der Waals surface area contributed by atoms with Gasteiger partial charge in [-0.05, 0) is 30.3 Å². The summed E-state index contributed by atoms with van der Waals surface area (Å²) >= 11 is 0. The fraction of sp³-hybridized carbons (Fsp3) is 0.100. The standard InChI is InChI=1S/C20H12F6N2O3/c21-10-6-15(22)13(16(23)7-10)9-28-17-4-3-11(8-12(17)19(29)30)31-18-14(20(24,25)26)2-1-5-27-18/h1-8,28H,9H2,(H,29,30). The van der Waals surface area contributed by atoms with Crippen LogP contribution in [-0.2, 0) is 12.7 Å². The summed E-state index contributed by atoms with van der Waals surface area (Å²) in [6, 6.07) is 5.99. The van der Waals surface area contributed by atoms with Crippen LogP contribution in [0.15, 0.2) is 48.7 Å². The van der Waals surface area contributed by atoms with E-state index < -0.39 is 58.7 Å². The van der Waals surface area contributed by atoms with Gasteiger partial charge in [0.25, 0.3) is 0 Å². The second-order valence-electron chi connectivity index (χ2n) is 6.17. The van der Waals surface area contributed by atoms with Crippen molar-refractivity contribution in [1.29, 1.82) is 0 Å². The third-order valence-electron chi connectivity index (χ3n) is 4.07. The van der Waals surface area contributed by atoms with Gasteiger partial charge in [-0.15, -0.1) is 0 Å². The molecule has 0 aliphatic rings. The molecule has 162 valence electrons. The average molecular weight is 442 g/mol. The van der Waals surface area contributed by atoms with Gasteiger partial charge < -0.3 is 15.2 Å². The van der Waals surface area contributed by atoms with E-state index in [0.717, 1.165) is 36.5 Å². The van der Waals surface area contributed by atoms with Crippen molar-refractivity contribution in [3.05, 3.63) is 82.8 Å². The monoisotopic (exact) mass is 442 g/mol. The number of nitrogens with one attached hydrogen (secondary N) is 1. The van der Waals surface area contributed by atoms with Crippen molar-refractivity contribution in [2.75, 3.05) is 5.32 Å². The molecule has 1 aromatic heterocycles. The van der Waals surface area contributed by atoms with E-state index in [4.69, 9.17) is 4.74 Å². The van der Waals surface area contributed by atoms with E-state index in [2.05, 4.69) is 10.3 Å². The summed E-state index contributed by atoms with van der Waals surface area (Å²) in [5.41, 5.74) is -2.22. The maximum absolute atomic E-state index is 13.8. The minimum atomic E-state index is -4.75. The highest BCUT2D eigenvalue weighted by Gasteiger charge is 2.35. The molecule has 31 heavy (non-hydrogen) atoms. The lowest BCUT2D eigenvalue weighted by Crippen LogP contribution is -2.10. The first kappa shape index (κ1) is 21.9. The molecule has 0 aliphatic carbocycles. The summed E-state index contributed by atoms with van der Waals surface area (Å²) in [5, 5.41) is 11.9. The van der Waals surface area contributed by atoms with E-state index in [9.17, 15) is 36.2 Å². The molecule has 0 fully saturated rings. The van der Waals surface area contributed by atoms with Crippen LogP contribution < -0.4 is 10.1 Å². The predicted octanol–water partition coefficient (Wildman–Crippen LogP) is 5.62. The third-order valence-corrected chi connectivity index (χ3v) is 4.07. The lowest BCUT2D eigenvalue weighted by atomic mass is 10.1. The minimum Gasteiger partial charge on any atom is -0.478 e. The molecule has 0 aliphatic heterocycles. The van der Waals surface area contributed by atoms with Crippen LogP contribution in [0.2, 0.25) is 0 Å². The molecule has 0 unspecified atom stereocenters. The second kappa shape index (κ2) is 8.54. The number of pyridine rings is 1. The van der Waals surface area contributed by atoms with Gasteiger partial charge in [-0.1, -0.05) is 0 Å². The molecular formula is C20H12F6N2O3. The molecule has 0 amide bonds. The molecule has 1 heterocycles. The fourth-order valence-electron chi connectivity index (χ4n) is 2.64. The van der Waals surface area contributed by atoms with E-state index in [1.807, 2.05) is 0 Å². The smallest absolute Gasteiger partial charge is 0.421 e. The number of benzene rings is 2. The van der Waals surface area contributed by atoms with Crippen LogP contribution in [0.4, 0.5) is 32.0 Å². The molecular weight excluding hydrogens is 430 g/mol. The topological polar surface area (TPSA) is 71.5 Å². The van der Waals surface area contributed by atoms with Gasteiger partial charge in [0.15, 0.2) is 0 Å². The van der Waals surface area contributed by atoms with Crippen molar-refractivity contribution in [3.63, 3.8) is 0 Å². The number of ether oxygens (including phenoxy) is 1. The van der Waals surface area contributed by atoms with Crippen LogP contribution >= 0.6 is 0 Å². The predicted molar refractivity (Wildman–Crippen MR) is 96.4 cm³/mol. The number of aromatic carboxylic acids is 1. The summed E-state index contributed by atoms with van der Waals surface area (Å²) in [7, 11) is 0. The maximum atomic E-state index is 13.8. The van der Waals surface area contributed by atoms with Crippen LogP contribution in [-0.4, -0.2) is 16.1 Å². The van der Waals surface area contributed by atoms with Gasteiger partial charge in [-0.25, -0.2) is 22.9 Å². The number of carboxylic acid groups (broad SMARTS) is 1. The Labute approximate surface area is 170 Å². The Bertz CT molecular complexity index is 1110. The molecule has 0 spiro atoms. The molecule has 0 saturated carbocycles. The van der Waals surface area contributed by atoms with E-state index in [-0.39, 0.29) is 11.4 Å². The SMILES string of the molecule is O=C(O)c1cc(Oc2ncccc2C(F)(F)F)ccc1NCc1c(F)cc(F)cc1F. The Balaban J connectivity index is 1.87. The Morgan fingerprint density at radius 3 is 2.35 bits per heavy atom. The Morgan fingerprint density at radius 1 is 1.06 bits per heavy atom. The summed E-state index contributed by atoms with van der Waals surface area (Å²) in [4.78, 5) is 15.1. The fourth-order valence-corrected chi connectivity index (χ4v) is 2.64. The second-order valence-corrected chi connectivity index (χ2v) is 6.17. The van der Waals surface area contributed by atoms with Gasteiger partial charge in [-0.3, -0.25) is 0 Å². The van der Waals surface area contributed by atoms with Crippen molar-refractivity contribution in [2.45, 2.75) is 12.7 Å². The van der Waals surface area contributed by atoms with E-state index in [0.29, 0.717) is 12.1 Å². The van der Waals surface area contributed by atoms with E-state index in [1.165, 1.54) is 0 Å². The van der Waals surface area contributed by atoms with Crippen molar-refractivity contribution in [1.82, 2.24) is 4.98 Å². The lowest BCUT2D eigenvalue weighted by molar-refractivity contribution is -0.138. The van der Waals surface area contributed by atoms with Gasteiger partial charge in [0.1, 0.15) is 28.8 Å². The molecule has 5 nitrogen and oxygen atoms in total. The number of hydrogen-bond acceptors (Lipinski definition) is 4. The number of carboxylic acids is 1. The average Bonchev–Trinajstić information content (AvgIpc) is 2.67. The van der Waals surface area contributed by atoms with Crippen molar-refractivity contribution >= 4 is 11.7 Å². The van der Waals surface area contributed by atoms with Crippen LogP contribution in [0.3, 0.4) is 0 Å². The van der Waals surface area contributed by atoms with E-state index in [1.54, 1.807) is 0 Å². The summed E-state index contributed by atoms with van der Waals surface area (Å²) in [6.07, 6.45) is -3.67. The Hall–Kier alpha value is -3.76. The van der Waals surface area contributed by atoms with Crippen molar-refractivity contribution in [2.24, 2.45) is 0 Å². The number of rotatable bonds is 6. The largest absolute Gasteiger partial charge is 0.478 e. The highest BCUT2D eigenvalue weighted by atomic mass is 19.4. The number of carbonyl (C=O) groups is 1. The van der Waals surface area contributed by atoms with Gasteiger partial charge in [-0.2, -0.15) is 13.2 Å². The molecule has 0 bridgehead atoms.